The fraction of sp³-hybridized carbons (Fsp3) is 0.661. The van der Waals surface area contributed by atoms with Gasteiger partial charge in [-0.2, -0.15) is 75.8 Å². The average Bonchev–Trinajstić information content (AvgIpc) is 0.826. The van der Waals surface area contributed by atoms with Crippen molar-refractivity contribution in [3.05, 3.63) is 53.1 Å². The molecule has 0 aliphatic carbocycles. The Morgan fingerprint density at radius 2 is 0.548 bits per heavy atom. The van der Waals surface area contributed by atoms with Gasteiger partial charge in [0.15, 0.2) is 34.5 Å². The van der Waals surface area contributed by atoms with E-state index in [1.54, 1.807) is 6.92 Å². The lowest BCUT2D eigenvalue weighted by molar-refractivity contribution is -0.123. The number of ether oxygens (including phenoxy) is 9. The van der Waals surface area contributed by atoms with Crippen LogP contribution in [0.3, 0.4) is 0 Å². The van der Waals surface area contributed by atoms with E-state index in [4.69, 9.17) is 42.6 Å². The smallest absolute Gasteiger partial charge is 0.264 e. The maximum Gasteiger partial charge on any atom is 0.264 e. The summed E-state index contributed by atoms with van der Waals surface area (Å²) in [7, 11) is -40.7. The Labute approximate surface area is 668 Å². The van der Waals surface area contributed by atoms with E-state index in [0.29, 0.717) is 6.42 Å². The summed E-state index contributed by atoms with van der Waals surface area (Å²) in [6, 6.07) is 6.86. The van der Waals surface area contributed by atoms with E-state index in [1.165, 1.54) is 12.1 Å². The Morgan fingerprint density at radius 1 is 0.330 bits per heavy atom. The molecule has 3 rings (SSSR count). The maximum atomic E-state index is 14.3. The van der Waals surface area contributed by atoms with Crippen LogP contribution in [-0.2, 0) is 95.9 Å². The van der Waals surface area contributed by atoms with Crippen LogP contribution in [-0.4, -0.2) is 276 Å². The fourth-order valence-electron chi connectivity index (χ4n) is 10.4. The van der Waals surface area contributed by atoms with Gasteiger partial charge in [0.05, 0.1) is 111 Å². The fourth-order valence-corrected chi connectivity index (χ4v) is 14.8. The van der Waals surface area contributed by atoms with E-state index in [9.17, 15) is 136 Å². The number of amides is 3. The molecular formula is C62H100N4O40S9. The van der Waals surface area contributed by atoms with Gasteiger partial charge in [-0.3, -0.25) is 60.7 Å². The van der Waals surface area contributed by atoms with Gasteiger partial charge in [0.2, 0.25) is 23.2 Å². The Morgan fingerprint density at radius 3 is 0.774 bits per heavy atom. The molecule has 0 aliphatic heterocycles. The number of hydrogen-bond donors (Lipinski definition) is 14. The highest BCUT2D eigenvalue weighted by atomic mass is 32.3. The topological polar surface area (TPSA) is 692 Å². The largest absolute Gasteiger partial charge is 0.489 e. The average molecular weight is 1830 g/mol. The molecule has 0 bridgehead atoms. The molecule has 0 spiro atoms. The van der Waals surface area contributed by atoms with Gasteiger partial charge < -0.3 is 63.7 Å². The molecule has 0 saturated heterocycles. The standard InChI is InChI=1S/C62H100N4O40S9/c1-2-15-55(67)66-62(16-3-19-63-59(68)46-40-49(98-22-6-31-107(71,72)73)56(104-28-12-37-113(89,90)91)50(41-46)99-23-7-32-108(74,75)76,17-4-20-64-60(69)47-42-51(100-24-8-33-109(77,78)79)57(105-29-13-38-114(92,93)94)52(43-47)101-25-9-34-110(80,81)82)18-5-21-65-61(70)48-44-53(102-26-10-35-111(83,84)85)58(106-30-14-39-115(95,96)97)54(45-48)103-27-11-36-112(86,87)88/h40-45,59,63,68H,2-39H2,1H3,(H,64,69)(H,65,70)(H,66,67)(H,71,72,73)(H,74,75,76)(H,77,78,79)(H,80,81,82)(H,83,84,85)(H,86,87,88)(H,89,90,91)(H,92,93,94)(H,95,96,97). The highest BCUT2D eigenvalue weighted by molar-refractivity contribution is 7.87. The van der Waals surface area contributed by atoms with E-state index in [0.717, 1.165) is 24.3 Å². The van der Waals surface area contributed by atoms with Crippen molar-refractivity contribution < 1.29 is 179 Å². The van der Waals surface area contributed by atoms with E-state index >= 15 is 0 Å². The zero-order valence-electron chi connectivity index (χ0n) is 62.3. The minimum absolute atomic E-state index is 0.00199. The van der Waals surface area contributed by atoms with Crippen molar-refractivity contribution in [2.75, 3.05) is 131 Å². The SMILES string of the molecule is CCCC(=O)NC(CCCNC(=O)c1cc(OCCCS(=O)(=O)O)c(OCCCS(=O)(=O)O)c(OCCCS(=O)(=O)O)c1)(CCCNC(=O)c1cc(OCCCS(=O)(=O)O)c(OCCCS(=O)(=O)O)c(OCCCS(=O)(=O)O)c1)CCCNC(O)c1cc(OCCCS(=O)(=O)O)c(OCCCS(=O)(=O)O)c(OCCCS(=O)(=O)O)c1. The number of carbonyl (C=O) groups is 3. The van der Waals surface area contributed by atoms with Gasteiger partial charge >= 0.3 is 0 Å². The first-order chi connectivity index (χ1) is 53.2. The predicted octanol–water partition coefficient (Wildman–Crippen LogP) is 2.03. The van der Waals surface area contributed by atoms with Gasteiger partial charge in [-0.25, -0.2) is 0 Å². The van der Waals surface area contributed by atoms with Crippen LogP contribution < -0.4 is 63.9 Å². The van der Waals surface area contributed by atoms with Crippen LogP contribution in [0.5, 0.6) is 51.7 Å². The molecule has 0 aromatic heterocycles. The van der Waals surface area contributed by atoms with E-state index < -0.39 is 232 Å². The molecule has 14 N–H and O–H groups in total. The third-order valence-corrected chi connectivity index (χ3v) is 22.7. The van der Waals surface area contributed by atoms with Gasteiger partial charge in [-0.15, -0.1) is 0 Å². The van der Waals surface area contributed by atoms with Crippen LogP contribution in [0.25, 0.3) is 0 Å². The zero-order chi connectivity index (χ0) is 86.5. The first-order valence-corrected chi connectivity index (χ1v) is 49.8. The van der Waals surface area contributed by atoms with Crippen LogP contribution in [0.15, 0.2) is 36.4 Å². The van der Waals surface area contributed by atoms with Crippen molar-refractivity contribution in [1.82, 2.24) is 21.3 Å². The second-order valence-electron chi connectivity index (χ2n) is 25.6. The molecule has 0 saturated carbocycles. The third-order valence-electron chi connectivity index (χ3n) is 15.4. The lowest BCUT2D eigenvalue weighted by Crippen LogP contribution is -2.49. The van der Waals surface area contributed by atoms with E-state index in [-0.39, 0.29) is 191 Å². The third kappa shape index (κ3) is 48.1. The quantitative estimate of drug-likeness (QED) is 0.0218. The summed E-state index contributed by atoms with van der Waals surface area (Å²) >= 11 is 0. The van der Waals surface area contributed by atoms with Gasteiger partial charge in [-0.1, -0.05) is 6.92 Å². The number of nitrogens with one attached hydrogen (secondary N) is 4. The minimum Gasteiger partial charge on any atom is -0.489 e. The highest BCUT2D eigenvalue weighted by Gasteiger charge is 2.32. The van der Waals surface area contributed by atoms with Crippen molar-refractivity contribution in [3.8, 4) is 51.7 Å². The Hall–Kier alpha value is -6.62. The minimum atomic E-state index is -4.53. The zero-order valence-corrected chi connectivity index (χ0v) is 69.7. The maximum absolute atomic E-state index is 14.3. The lowest BCUT2D eigenvalue weighted by atomic mass is 9.83. The number of aliphatic hydroxyl groups excluding tert-OH is 1. The van der Waals surface area contributed by atoms with Crippen LogP contribution in [0, 0.1) is 0 Å². The Kier molecular flexibility index (Phi) is 43.2. The van der Waals surface area contributed by atoms with Gasteiger partial charge in [0, 0.05) is 41.7 Å². The summed E-state index contributed by atoms with van der Waals surface area (Å²) in [4.78, 5) is 42.5. The molecule has 115 heavy (non-hydrogen) atoms. The molecular weight excluding hydrogens is 1730 g/mol. The summed E-state index contributed by atoms with van der Waals surface area (Å²) in [5.41, 5.74) is -1.90. The molecule has 1 unspecified atom stereocenters. The Bertz CT molecular complexity index is 4350. The molecule has 53 heteroatoms. The van der Waals surface area contributed by atoms with Crippen LogP contribution in [0.4, 0.5) is 0 Å². The molecule has 0 fully saturated rings. The second kappa shape index (κ2) is 48.4. The van der Waals surface area contributed by atoms with Crippen LogP contribution in [0.2, 0.25) is 0 Å². The van der Waals surface area contributed by atoms with Crippen LogP contribution >= 0.6 is 0 Å². The van der Waals surface area contributed by atoms with Crippen molar-refractivity contribution in [2.24, 2.45) is 0 Å². The molecule has 0 aliphatic rings. The summed E-state index contributed by atoms with van der Waals surface area (Å²) in [5, 5.41) is 23.3. The number of hydrogen-bond acceptors (Lipinski definition) is 32. The molecule has 0 radical (unpaired) electrons. The summed E-state index contributed by atoms with van der Waals surface area (Å²) in [6.45, 7) is -3.02. The molecule has 3 amide bonds. The Balaban J connectivity index is 2.21. The normalized spacial score (nSPS) is 13.0. The summed E-state index contributed by atoms with van der Waals surface area (Å²) < 4.78 is 345. The summed E-state index contributed by atoms with van der Waals surface area (Å²) in [5.74, 6) is -12.1. The highest BCUT2D eigenvalue weighted by Crippen LogP contribution is 2.43. The number of carbonyl (C=O) groups excluding carboxylic acids is 3. The predicted molar refractivity (Wildman–Crippen MR) is 409 cm³/mol. The first-order valence-electron chi connectivity index (χ1n) is 35.3. The lowest BCUT2D eigenvalue weighted by Gasteiger charge is -2.36. The van der Waals surface area contributed by atoms with Gasteiger partial charge in [0.1, 0.15) is 6.23 Å². The molecule has 662 valence electrons. The van der Waals surface area contributed by atoms with Crippen LogP contribution in [0.1, 0.15) is 149 Å². The molecule has 1 atom stereocenters. The number of benzene rings is 3. The molecule has 44 nitrogen and oxygen atoms in total. The second-order valence-corrected chi connectivity index (χ2v) is 39.7. The monoisotopic (exact) mass is 1830 g/mol. The number of rotatable bonds is 64. The van der Waals surface area contributed by atoms with Crippen molar-refractivity contribution >= 4 is 109 Å². The molecule has 0 heterocycles. The van der Waals surface area contributed by atoms with Crippen molar-refractivity contribution in [3.63, 3.8) is 0 Å². The van der Waals surface area contributed by atoms with E-state index in [2.05, 4.69) is 21.3 Å². The molecule has 3 aromatic rings. The van der Waals surface area contributed by atoms with Gasteiger partial charge in [-0.05, 0) is 146 Å². The molecule has 3 aromatic carbocycles. The summed E-state index contributed by atoms with van der Waals surface area (Å²) in [6.07, 6.45) is -4.40. The van der Waals surface area contributed by atoms with Crippen molar-refractivity contribution in [2.45, 2.75) is 128 Å². The van der Waals surface area contributed by atoms with Crippen molar-refractivity contribution in [1.29, 1.82) is 0 Å². The first kappa shape index (κ1) is 103. The number of aliphatic hydroxyl groups is 1. The van der Waals surface area contributed by atoms with Gasteiger partial charge in [0.25, 0.3) is 103 Å². The van der Waals surface area contributed by atoms with E-state index in [1.807, 2.05) is 0 Å².